The fourth-order valence-electron chi connectivity index (χ4n) is 1.39. The molecule has 0 spiro atoms. The first kappa shape index (κ1) is 8.11. The molecule has 0 aliphatic heterocycles. The number of nitriles is 1. The average molecular weight is 177 g/mol. The van der Waals surface area contributed by atoms with E-state index in [2.05, 4.69) is 5.10 Å². The lowest BCUT2D eigenvalue weighted by Gasteiger charge is -1.96. The zero-order valence-electron chi connectivity index (χ0n) is 7.29. The summed E-state index contributed by atoms with van der Waals surface area (Å²) in [6, 6.07) is 3.67. The van der Waals surface area contributed by atoms with E-state index < -0.39 is 0 Å². The van der Waals surface area contributed by atoms with E-state index >= 15 is 0 Å². The van der Waals surface area contributed by atoms with Gasteiger partial charge in [0.15, 0.2) is 0 Å². The number of nitrogens with zero attached hydrogens (tertiary/aromatic N) is 2. The third-order valence-electron chi connectivity index (χ3n) is 2.27. The highest BCUT2D eigenvalue weighted by Gasteiger charge is 2.25. The minimum atomic E-state index is -0.0165. The molecule has 1 aromatic rings. The van der Waals surface area contributed by atoms with Crippen LogP contribution in [0.4, 0.5) is 0 Å². The van der Waals surface area contributed by atoms with Crippen molar-refractivity contribution < 1.29 is 0 Å². The summed E-state index contributed by atoms with van der Waals surface area (Å²) in [7, 11) is 0. The van der Waals surface area contributed by atoms with Gasteiger partial charge < -0.3 is 0 Å². The van der Waals surface area contributed by atoms with E-state index in [0.29, 0.717) is 18.9 Å². The van der Waals surface area contributed by atoms with Gasteiger partial charge in [-0.25, -0.2) is 0 Å². The molecule has 0 amide bonds. The molecule has 1 fully saturated rings. The maximum Gasteiger partial charge on any atom is 0.266 e. The third kappa shape index (κ3) is 1.64. The van der Waals surface area contributed by atoms with Crippen molar-refractivity contribution in [1.82, 2.24) is 9.78 Å². The normalized spacial score (nSPS) is 15.6. The van der Waals surface area contributed by atoms with Crippen molar-refractivity contribution >= 4 is 0 Å². The number of aryl methyl sites for hydroxylation is 1. The van der Waals surface area contributed by atoms with Crippen LogP contribution in [0.5, 0.6) is 0 Å². The van der Waals surface area contributed by atoms with Gasteiger partial charge in [0, 0.05) is 17.7 Å². The molecule has 0 radical (unpaired) electrons. The van der Waals surface area contributed by atoms with Crippen LogP contribution in [0.2, 0.25) is 0 Å². The van der Waals surface area contributed by atoms with Crippen LogP contribution < -0.4 is 5.56 Å². The second-order valence-corrected chi connectivity index (χ2v) is 3.38. The molecular weight excluding hydrogens is 166 g/mol. The van der Waals surface area contributed by atoms with Gasteiger partial charge in [0.2, 0.25) is 0 Å². The van der Waals surface area contributed by atoms with Crippen LogP contribution in [0.25, 0.3) is 0 Å². The zero-order valence-corrected chi connectivity index (χ0v) is 7.29. The van der Waals surface area contributed by atoms with Crippen LogP contribution in [0.15, 0.2) is 10.9 Å². The second-order valence-electron chi connectivity index (χ2n) is 3.38. The van der Waals surface area contributed by atoms with E-state index in [1.807, 2.05) is 6.07 Å². The molecule has 13 heavy (non-hydrogen) atoms. The summed E-state index contributed by atoms with van der Waals surface area (Å²) in [4.78, 5) is 11.3. The van der Waals surface area contributed by atoms with Crippen LogP contribution >= 0.6 is 0 Å². The predicted molar refractivity (Wildman–Crippen MR) is 47.3 cm³/mol. The molecule has 0 aromatic carbocycles. The standard InChI is InChI=1S/C9H11N3O/c10-4-1-5-12-9(13)6-8(11-12)7-2-3-7/h6-7,11H,1-3,5H2. The summed E-state index contributed by atoms with van der Waals surface area (Å²) < 4.78 is 1.51. The van der Waals surface area contributed by atoms with Gasteiger partial charge >= 0.3 is 0 Å². The first-order valence-corrected chi connectivity index (χ1v) is 4.48. The number of aromatic nitrogens is 2. The van der Waals surface area contributed by atoms with Crippen LogP contribution in [-0.2, 0) is 6.54 Å². The molecular formula is C9H11N3O. The van der Waals surface area contributed by atoms with Crippen LogP contribution in [0.1, 0.15) is 30.9 Å². The Morgan fingerprint density at radius 1 is 1.69 bits per heavy atom. The number of hydrogen-bond donors (Lipinski definition) is 1. The Morgan fingerprint density at radius 2 is 2.46 bits per heavy atom. The topological polar surface area (TPSA) is 61.6 Å². The van der Waals surface area contributed by atoms with Crippen molar-refractivity contribution in [3.8, 4) is 6.07 Å². The van der Waals surface area contributed by atoms with Crippen molar-refractivity contribution in [3.05, 3.63) is 22.1 Å². The fourth-order valence-corrected chi connectivity index (χ4v) is 1.39. The molecule has 0 saturated heterocycles. The van der Waals surface area contributed by atoms with E-state index in [-0.39, 0.29) is 5.56 Å². The lowest BCUT2D eigenvalue weighted by Crippen LogP contribution is -2.15. The highest BCUT2D eigenvalue weighted by Crippen LogP contribution is 2.38. The van der Waals surface area contributed by atoms with Crippen molar-refractivity contribution in [3.63, 3.8) is 0 Å². The Labute approximate surface area is 75.8 Å². The molecule has 1 heterocycles. The van der Waals surface area contributed by atoms with Gasteiger partial charge in [-0.1, -0.05) is 0 Å². The molecule has 68 valence electrons. The Kier molecular flexibility index (Phi) is 1.93. The lowest BCUT2D eigenvalue weighted by molar-refractivity contribution is 0.600. The summed E-state index contributed by atoms with van der Waals surface area (Å²) in [5, 5.41) is 11.4. The zero-order chi connectivity index (χ0) is 9.26. The summed E-state index contributed by atoms with van der Waals surface area (Å²) >= 11 is 0. The number of H-pyrrole nitrogens is 1. The Morgan fingerprint density at radius 3 is 3.08 bits per heavy atom. The van der Waals surface area contributed by atoms with Gasteiger partial charge in [0.25, 0.3) is 5.56 Å². The number of nitrogens with one attached hydrogen (secondary N) is 1. The van der Waals surface area contributed by atoms with Gasteiger partial charge in [-0.2, -0.15) is 5.26 Å². The van der Waals surface area contributed by atoms with Gasteiger partial charge in [0.1, 0.15) is 0 Å². The van der Waals surface area contributed by atoms with Crippen molar-refractivity contribution in [2.24, 2.45) is 0 Å². The van der Waals surface area contributed by atoms with Gasteiger partial charge in [-0.3, -0.25) is 14.6 Å². The Hall–Kier alpha value is -1.50. The Balaban J connectivity index is 2.16. The third-order valence-corrected chi connectivity index (χ3v) is 2.27. The number of rotatable bonds is 3. The quantitative estimate of drug-likeness (QED) is 0.747. The van der Waals surface area contributed by atoms with Crippen molar-refractivity contribution in [1.29, 1.82) is 5.26 Å². The van der Waals surface area contributed by atoms with Crippen LogP contribution in [0, 0.1) is 11.3 Å². The molecule has 0 atom stereocenters. The first-order chi connectivity index (χ1) is 6.31. The molecule has 1 saturated carbocycles. The van der Waals surface area contributed by atoms with Gasteiger partial charge in [-0.15, -0.1) is 0 Å². The second kappa shape index (κ2) is 3.09. The summed E-state index contributed by atoms with van der Waals surface area (Å²) in [6.07, 6.45) is 2.74. The molecule has 1 aliphatic rings. The number of hydrogen-bond acceptors (Lipinski definition) is 2. The molecule has 4 nitrogen and oxygen atoms in total. The van der Waals surface area contributed by atoms with E-state index in [1.54, 1.807) is 6.07 Å². The minimum Gasteiger partial charge on any atom is -0.299 e. The molecule has 1 aliphatic carbocycles. The first-order valence-electron chi connectivity index (χ1n) is 4.48. The van der Waals surface area contributed by atoms with Crippen LogP contribution in [-0.4, -0.2) is 9.78 Å². The predicted octanol–water partition coefficient (Wildman–Crippen LogP) is 0.967. The minimum absolute atomic E-state index is 0.0165. The van der Waals surface area contributed by atoms with E-state index in [1.165, 1.54) is 17.5 Å². The molecule has 1 aromatic heterocycles. The maximum absolute atomic E-state index is 11.3. The molecule has 0 bridgehead atoms. The monoisotopic (exact) mass is 177 g/mol. The molecule has 2 rings (SSSR count). The molecule has 4 heteroatoms. The van der Waals surface area contributed by atoms with Gasteiger partial charge in [-0.05, 0) is 12.8 Å². The molecule has 0 unspecified atom stereocenters. The number of aromatic amines is 1. The van der Waals surface area contributed by atoms with E-state index in [9.17, 15) is 4.79 Å². The van der Waals surface area contributed by atoms with Crippen molar-refractivity contribution in [2.45, 2.75) is 31.7 Å². The summed E-state index contributed by atoms with van der Waals surface area (Å²) in [5.74, 6) is 0.566. The SMILES string of the molecule is N#CCCn1[nH]c(C2CC2)cc1=O. The lowest BCUT2D eigenvalue weighted by atomic mass is 10.3. The fraction of sp³-hybridized carbons (Fsp3) is 0.556. The smallest absolute Gasteiger partial charge is 0.266 e. The van der Waals surface area contributed by atoms with E-state index in [0.717, 1.165) is 5.69 Å². The molecule has 1 N–H and O–H groups in total. The van der Waals surface area contributed by atoms with E-state index in [4.69, 9.17) is 5.26 Å². The van der Waals surface area contributed by atoms with Gasteiger partial charge in [0.05, 0.1) is 19.0 Å². The highest BCUT2D eigenvalue weighted by molar-refractivity contribution is 5.12. The maximum atomic E-state index is 11.3. The largest absolute Gasteiger partial charge is 0.299 e. The van der Waals surface area contributed by atoms with Crippen molar-refractivity contribution in [2.75, 3.05) is 0 Å². The Bertz CT molecular complexity index is 392. The summed E-state index contributed by atoms with van der Waals surface area (Å²) in [5.41, 5.74) is 1.01. The summed E-state index contributed by atoms with van der Waals surface area (Å²) in [6.45, 7) is 0.474. The highest BCUT2D eigenvalue weighted by atomic mass is 16.1. The average Bonchev–Trinajstić information content (AvgIpc) is 2.89. The van der Waals surface area contributed by atoms with Crippen LogP contribution in [0.3, 0.4) is 0 Å².